The lowest BCUT2D eigenvalue weighted by Crippen LogP contribution is -2.29. The van der Waals surface area contributed by atoms with Crippen molar-refractivity contribution < 1.29 is 0 Å². The molecule has 0 aromatic heterocycles. The fraction of sp³-hybridized carbons (Fsp3) is 0.200. The number of hydrogen-bond donors (Lipinski definition) is 2. The predicted octanol–water partition coefficient (Wildman–Crippen LogP) is 4.16. The van der Waals surface area contributed by atoms with Crippen molar-refractivity contribution in [3.8, 4) is 0 Å². The summed E-state index contributed by atoms with van der Waals surface area (Å²) in [5, 5.41) is 1.22. The highest BCUT2D eigenvalue weighted by atomic mass is 35.5. The molecule has 1 atom stereocenters. The van der Waals surface area contributed by atoms with Gasteiger partial charge in [0.1, 0.15) is 0 Å². The normalized spacial score (nSPS) is 12.5. The molecule has 0 aliphatic rings. The van der Waals surface area contributed by atoms with Crippen molar-refractivity contribution in [2.75, 3.05) is 0 Å². The summed E-state index contributed by atoms with van der Waals surface area (Å²) in [6.45, 7) is 4.16. The zero-order chi connectivity index (χ0) is 14.0. The molecule has 19 heavy (non-hydrogen) atoms. The van der Waals surface area contributed by atoms with Crippen LogP contribution in [0.1, 0.15) is 28.3 Å². The molecule has 0 aliphatic heterocycles. The summed E-state index contributed by atoms with van der Waals surface area (Å²) in [7, 11) is 0. The fourth-order valence-corrected chi connectivity index (χ4v) is 2.56. The third-order valence-corrected chi connectivity index (χ3v) is 3.87. The number of nitrogens with two attached hydrogens (primary N) is 1. The predicted molar refractivity (Wildman–Crippen MR) is 81.5 cm³/mol. The lowest BCUT2D eigenvalue weighted by atomic mass is 9.96. The minimum atomic E-state index is -0.149. The van der Waals surface area contributed by atoms with E-state index in [1.54, 1.807) is 6.07 Å². The van der Waals surface area contributed by atoms with Crippen LogP contribution in [0.4, 0.5) is 0 Å². The van der Waals surface area contributed by atoms with Gasteiger partial charge >= 0.3 is 0 Å². The molecule has 2 aromatic rings. The summed E-state index contributed by atoms with van der Waals surface area (Å²) < 4.78 is 0. The van der Waals surface area contributed by atoms with Crippen molar-refractivity contribution >= 4 is 23.2 Å². The van der Waals surface area contributed by atoms with Crippen LogP contribution in [0.3, 0.4) is 0 Å². The molecular weight excluding hydrogens is 279 g/mol. The molecule has 0 heterocycles. The Morgan fingerprint density at radius 1 is 1.00 bits per heavy atom. The van der Waals surface area contributed by atoms with E-state index in [4.69, 9.17) is 29.0 Å². The fourth-order valence-electron chi connectivity index (χ4n) is 2.05. The van der Waals surface area contributed by atoms with Gasteiger partial charge in [-0.3, -0.25) is 5.84 Å². The minimum Gasteiger partial charge on any atom is -0.271 e. The number of hydrogen-bond acceptors (Lipinski definition) is 2. The number of nitrogens with one attached hydrogen (secondary N) is 1. The number of aryl methyl sites for hydroxylation is 2. The van der Waals surface area contributed by atoms with Gasteiger partial charge in [0.2, 0.25) is 0 Å². The van der Waals surface area contributed by atoms with Crippen LogP contribution >= 0.6 is 23.2 Å². The van der Waals surface area contributed by atoms with E-state index in [2.05, 4.69) is 37.5 Å². The maximum absolute atomic E-state index is 6.24. The topological polar surface area (TPSA) is 38.0 Å². The standard InChI is InChI=1S/C15H16Cl2N2/c1-9-3-4-11(7-10(9)2)15(19-18)13-6-5-12(16)8-14(13)17/h3-8,15,19H,18H2,1-2H3. The lowest BCUT2D eigenvalue weighted by molar-refractivity contribution is 0.636. The summed E-state index contributed by atoms with van der Waals surface area (Å²) in [6.07, 6.45) is 0. The summed E-state index contributed by atoms with van der Waals surface area (Å²) in [5.74, 6) is 5.69. The maximum Gasteiger partial charge on any atom is 0.0724 e. The van der Waals surface area contributed by atoms with Crippen LogP contribution in [0.5, 0.6) is 0 Å². The minimum absolute atomic E-state index is 0.149. The number of benzene rings is 2. The summed E-state index contributed by atoms with van der Waals surface area (Å²) in [6, 6.07) is 11.5. The van der Waals surface area contributed by atoms with Gasteiger partial charge in [-0.2, -0.15) is 0 Å². The molecule has 0 radical (unpaired) electrons. The Hall–Kier alpha value is -1.06. The van der Waals surface area contributed by atoms with Crippen LogP contribution in [0.25, 0.3) is 0 Å². The molecule has 1 unspecified atom stereocenters. The Labute approximate surface area is 123 Å². The van der Waals surface area contributed by atoms with E-state index in [-0.39, 0.29) is 6.04 Å². The van der Waals surface area contributed by atoms with Crippen LogP contribution in [0.15, 0.2) is 36.4 Å². The van der Waals surface area contributed by atoms with Crippen LogP contribution in [0.2, 0.25) is 10.0 Å². The highest BCUT2D eigenvalue weighted by Gasteiger charge is 2.16. The summed E-state index contributed by atoms with van der Waals surface area (Å²) >= 11 is 12.2. The molecule has 0 aliphatic carbocycles. The van der Waals surface area contributed by atoms with Gasteiger partial charge in [0.15, 0.2) is 0 Å². The maximum atomic E-state index is 6.24. The van der Waals surface area contributed by atoms with Gasteiger partial charge in [-0.25, -0.2) is 5.43 Å². The molecular formula is C15H16Cl2N2. The van der Waals surface area contributed by atoms with Gasteiger partial charge in [-0.1, -0.05) is 47.5 Å². The smallest absolute Gasteiger partial charge is 0.0724 e. The lowest BCUT2D eigenvalue weighted by Gasteiger charge is -2.19. The van der Waals surface area contributed by atoms with E-state index in [1.807, 2.05) is 12.1 Å². The second kappa shape index (κ2) is 5.93. The van der Waals surface area contributed by atoms with Crippen molar-refractivity contribution in [1.82, 2.24) is 5.43 Å². The summed E-state index contributed by atoms with van der Waals surface area (Å²) in [4.78, 5) is 0. The molecule has 0 amide bonds. The molecule has 3 N–H and O–H groups in total. The summed E-state index contributed by atoms with van der Waals surface area (Å²) in [5.41, 5.74) is 7.28. The third-order valence-electron chi connectivity index (χ3n) is 3.30. The molecule has 0 bridgehead atoms. The zero-order valence-electron chi connectivity index (χ0n) is 10.9. The second-order valence-corrected chi connectivity index (χ2v) is 5.45. The van der Waals surface area contributed by atoms with Gasteiger partial charge in [0.05, 0.1) is 6.04 Å². The first-order valence-corrected chi connectivity index (χ1v) is 6.76. The average Bonchev–Trinajstić information content (AvgIpc) is 2.37. The van der Waals surface area contributed by atoms with Crippen molar-refractivity contribution in [2.45, 2.75) is 19.9 Å². The van der Waals surface area contributed by atoms with Crippen LogP contribution < -0.4 is 11.3 Å². The molecule has 2 aromatic carbocycles. The highest BCUT2D eigenvalue weighted by Crippen LogP contribution is 2.30. The van der Waals surface area contributed by atoms with Gasteiger partial charge in [-0.05, 0) is 48.2 Å². The first-order valence-electron chi connectivity index (χ1n) is 6.01. The van der Waals surface area contributed by atoms with Crippen molar-refractivity contribution in [2.24, 2.45) is 5.84 Å². The SMILES string of the molecule is Cc1ccc(C(NN)c2ccc(Cl)cc2Cl)cc1C. The van der Waals surface area contributed by atoms with Crippen molar-refractivity contribution in [3.05, 3.63) is 68.7 Å². The Balaban J connectivity index is 2.46. The van der Waals surface area contributed by atoms with Crippen molar-refractivity contribution in [3.63, 3.8) is 0 Å². The Bertz CT molecular complexity index is 597. The molecule has 100 valence electrons. The van der Waals surface area contributed by atoms with Crippen LogP contribution in [-0.2, 0) is 0 Å². The number of halogens is 2. The van der Waals surface area contributed by atoms with E-state index < -0.39 is 0 Å². The molecule has 4 heteroatoms. The van der Waals surface area contributed by atoms with Crippen LogP contribution in [0, 0.1) is 13.8 Å². The monoisotopic (exact) mass is 294 g/mol. The number of rotatable bonds is 3. The molecule has 0 saturated carbocycles. The largest absolute Gasteiger partial charge is 0.271 e. The van der Waals surface area contributed by atoms with Gasteiger partial charge in [-0.15, -0.1) is 0 Å². The second-order valence-electron chi connectivity index (χ2n) is 4.61. The Kier molecular flexibility index (Phi) is 4.48. The third kappa shape index (κ3) is 3.10. The van der Waals surface area contributed by atoms with Gasteiger partial charge in [0, 0.05) is 10.0 Å². The Morgan fingerprint density at radius 2 is 1.74 bits per heavy atom. The van der Waals surface area contributed by atoms with E-state index >= 15 is 0 Å². The van der Waals surface area contributed by atoms with Crippen LogP contribution in [-0.4, -0.2) is 0 Å². The van der Waals surface area contributed by atoms with E-state index in [0.29, 0.717) is 10.0 Å². The average molecular weight is 295 g/mol. The van der Waals surface area contributed by atoms with Crippen molar-refractivity contribution in [1.29, 1.82) is 0 Å². The first kappa shape index (κ1) is 14.4. The Morgan fingerprint density at radius 3 is 2.32 bits per heavy atom. The molecule has 0 saturated heterocycles. The van der Waals surface area contributed by atoms with E-state index in [1.165, 1.54) is 11.1 Å². The number of hydrazine groups is 1. The van der Waals surface area contributed by atoms with E-state index in [0.717, 1.165) is 11.1 Å². The van der Waals surface area contributed by atoms with Gasteiger partial charge in [0.25, 0.3) is 0 Å². The van der Waals surface area contributed by atoms with E-state index in [9.17, 15) is 0 Å². The quantitative estimate of drug-likeness (QED) is 0.659. The van der Waals surface area contributed by atoms with Gasteiger partial charge < -0.3 is 0 Å². The molecule has 2 nitrogen and oxygen atoms in total. The molecule has 0 spiro atoms. The zero-order valence-corrected chi connectivity index (χ0v) is 12.4. The molecule has 2 rings (SSSR count). The first-order chi connectivity index (χ1) is 9.02. The molecule has 0 fully saturated rings. The highest BCUT2D eigenvalue weighted by molar-refractivity contribution is 6.35.